The molecule has 0 spiro atoms. The number of imide groups is 1. The number of carbonyl (C=O) groups excluding carboxylic acids is 3. The number of allylic oxidation sites excluding steroid dienone is 1. The third-order valence-corrected chi connectivity index (χ3v) is 9.80. The van der Waals surface area contributed by atoms with Gasteiger partial charge >= 0.3 is 6.18 Å². The van der Waals surface area contributed by atoms with Crippen molar-refractivity contribution < 1.29 is 27.6 Å². The minimum absolute atomic E-state index is 0.0970. The number of carbonyl (C=O) groups is 3. The lowest BCUT2D eigenvalue weighted by atomic mass is 9.70. The van der Waals surface area contributed by atoms with Gasteiger partial charge in [-0.1, -0.05) is 31.5 Å². The van der Waals surface area contributed by atoms with Gasteiger partial charge in [-0.05, 0) is 72.4 Å². The molecule has 228 valence electrons. The standard InChI is InChI=1S/C32H36F3N5O3/c1-30(10-3-11-30)19-39-14-12-31(13-15-39,32(33,34)35)37-18-20(17-36)16-21-6-7-24-27-22(21)4-2-5-23(27)29(43)40(24)25-8-9-26(41)38-28(25)42/h2,4-7,17-18,25H,3,8-16,19,36H2,1H3,(H,38,41,42). The molecule has 4 aliphatic rings. The number of rotatable bonds is 7. The Morgan fingerprint density at radius 2 is 1.86 bits per heavy atom. The topological polar surface area (TPSA) is 108 Å². The van der Waals surface area contributed by atoms with Gasteiger partial charge in [-0.2, -0.15) is 13.2 Å². The molecule has 0 radical (unpaired) electrons. The maximum Gasteiger partial charge on any atom is 0.413 e. The first-order valence-electron chi connectivity index (χ1n) is 14.9. The molecule has 1 aliphatic carbocycles. The highest BCUT2D eigenvalue weighted by Crippen LogP contribution is 2.45. The van der Waals surface area contributed by atoms with Gasteiger partial charge in [-0.15, -0.1) is 0 Å². The van der Waals surface area contributed by atoms with Crippen molar-refractivity contribution in [2.24, 2.45) is 16.1 Å². The second-order valence-corrected chi connectivity index (χ2v) is 12.8. The summed E-state index contributed by atoms with van der Waals surface area (Å²) in [4.78, 5) is 45.5. The van der Waals surface area contributed by atoms with Gasteiger partial charge in [0.05, 0.1) is 5.69 Å². The molecule has 3 heterocycles. The number of benzene rings is 2. The van der Waals surface area contributed by atoms with Crippen molar-refractivity contribution >= 4 is 40.4 Å². The molecule has 3 amide bonds. The average molecular weight is 596 g/mol. The van der Waals surface area contributed by atoms with Crippen LogP contribution in [0.15, 0.2) is 47.1 Å². The summed E-state index contributed by atoms with van der Waals surface area (Å²) >= 11 is 0. The van der Waals surface area contributed by atoms with E-state index in [1.165, 1.54) is 23.7 Å². The zero-order valence-electron chi connectivity index (χ0n) is 24.2. The summed E-state index contributed by atoms with van der Waals surface area (Å²) in [6.07, 6.45) is 1.87. The number of hydrogen-bond acceptors (Lipinski definition) is 6. The molecule has 2 saturated heterocycles. The van der Waals surface area contributed by atoms with E-state index in [9.17, 15) is 27.6 Å². The fourth-order valence-electron chi connectivity index (χ4n) is 7.08. The van der Waals surface area contributed by atoms with Crippen LogP contribution in [0.5, 0.6) is 0 Å². The van der Waals surface area contributed by atoms with Crippen LogP contribution in [0.25, 0.3) is 10.8 Å². The van der Waals surface area contributed by atoms with Crippen LogP contribution < -0.4 is 16.0 Å². The molecule has 3 aliphatic heterocycles. The highest BCUT2D eigenvalue weighted by molar-refractivity contribution is 6.27. The lowest BCUT2D eigenvalue weighted by Crippen LogP contribution is -2.54. The smallest absolute Gasteiger partial charge is 0.404 e. The van der Waals surface area contributed by atoms with Gasteiger partial charge in [0, 0.05) is 49.6 Å². The number of nitrogens with zero attached hydrogens (tertiary/aromatic N) is 3. The normalized spacial score (nSPS) is 24.1. The van der Waals surface area contributed by atoms with Crippen molar-refractivity contribution in [1.82, 2.24) is 10.2 Å². The van der Waals surface area contributed by atoms with Gasteiger partial charge in [0.25, 0.3) is 5.91 Å². The zero-order valence-corrected chi connectivity index (χ0v) is 24.2. The summed E-state index contributed by atoms with van der Waals surface area (Å²) in [6, 6.07) is 8.02. The van der Waals surface area contributed by atoms with Crippen molar-refractivity contribution in [3.05, 3.63) is 53.2 Å². The number of aliphatic imine (C=N–C) groups is 1. The summed E-state index contributed by atoms with van der Waals surface area (Å²) in [6.45, 7) is 3.73. The molecule has 1 unspecified atom stereocenters. The number of piperidine rings is 2. The quantitative estimate of drug-likeness (QED) is 0.358. The molecule has 0 aromatic heterocycles. The molecule has 8 nitrogen and oxygen atoms in total. The van der Waals surface area contributed by atoms with Crippen LogP contribution in [0.2, 0.25) is 0 Å². The highest BCUT2D eigenvalue weighted by atomic mass is 19.4. The van der Waals surface area contributed by atoms with Crippen LogP contribution in [0, 0.1) is 5.41 Å². The van der Waals surface area contributed by atoms with E-state index in [1.807, 2.05) is 6.07 Å². The number of hydrogen-bond donors (Lipinski definition) is 2. The third kappa shape index (κ3) is 5.21. The Kier molecular flexibility index (Phi) is 7.35. The number of amides is 3. The fraction of sp³-hybridized carbons (Fsp3) is 0.500. The van der Waals surface area contributed by atoms with E-state index in [1.54, 1.807) is 24.3 Å². The number of nitrogens with one attached hydrogen (secondary N) is 1. The maximum absolute atomic E-state index is 14.4. The van der Waals surface area contributed by atoms with E-state index < -0.39 is 23.7 Å². The molecule has 0 bridgehead atoms. The maximum atomic E-state index is 14.4. The van der Waals surface area contributed by atoms with Gasteiger partial charge in [0.1, 0.15) is 6.04 Å². The molecule has 3 fully saturated rings. The summed E-state index contributed by atoms with van der Waals surface area (Å²) in [5.41, 5.74) is 6.16. The predicted molar refractivity (Wildman–Crippen MR) is 158 cm³/mol. The van der Waals surface area contributed by atoms with Crippen LogP contribution in [0.1, 0.15) is 67.8 Å². The molecule has 2 aromatic carbocycles. The van der Waals surface area contributed by atoms with Crippen LogP contribution in [0.3, 0.4) is 0 Å². The summed E-state index contributed by atoms with van der Waals surface area (Å²) < 4.78 is 43.3. The average Bonchev–Trinajstić information content (AvgIpc) is 3.24. The van der Waals surface area contributed by atoms with E-state index >= 15 is 0 Å². The molecule has 1 atom stereocenters. The number of nitrogens with two attached hydrogens (primary N) is 1. The minimum atomic E-state index is -4.49. The fourth-order valence-corrected chi connectivity index (χ4v) is 7.08. The Bertz CT molecular complexity index is 1540. The largest absolute Gasteiger partial charge is 0.413 e. The summed E-state index contributed by atoms with van der Waals surface area (Å²) in [5, 5.41) is 3.73. The van der Waals surface area contributed by atoms with E-state index in [0.717, 1.165) is 30.3 Å². The Morgan fingerprint density at radius 3 is 2.49 bits per heavy atom. The molecule has 43 heavy (non-hydrogen) atoms. The van der Waals surface area contributed by atoms with Crippen LogP contribution >= 0.6 is 0 Å². The lowest BCUT2D eigenvalue weighted by Gasteiger charge is -2.46. The predicted octanol–water partition coefficient (Wildman–Crippen LogP) is 4.65. The number of alkyl halides is 3. The second-order valence-electron chi connectivity index (χ2n) is 12.8. The van der Waals surface area contributed by atoms with Gasteiger partial charge in [0.15, 0.2) is 5.54 Å². The van der Waals surface area contributed by atoms with Gasteiger partial charge in [0.2, 0.25) is 11.8 Å². The van der Waals surface area contributed by atoms with Crippen molar-refractivity contribution in [2.75, 3.05) is 24.5 Å². The van der Waals surface area contributed by atoms with Gasteiger partial charge in [-0.25, -0.2) is 0 Å². The zero-order chi connectivity index (χ0) is 30.6. The Labute approximate surface area is 248 Å². The summed E-state index contributed by atoms with van der Waals surface area (Å²) in [5.74, 6) is -1.21. The molecule has 2 aromatic rings. The van der Waals surface area contributed by atoms with E-state index in [4.69, 9.17) is 5.73 Å². The molecule has 6 rings (SSSR count). The van der Waals surface area contributed by atoms with Crippen LogP contribution in [-0.2, 0) is 16.0 Å². The molecular weight excluding hydrogens is 559 g/mol. The number of likely N-dealkylation sites (tertiary alicyclic amines) is 1. The van der Waals surface area contributed by atoms with E-state index in [2.05, 4.69) is 22.1 Å². The van der Waals surface area contributed by atoms with Crippen molar-refractivity contribution in [1.29, 1.82) is 0 Å². The Hall–Kier alpha value is -3.73. The van der Waals surface area contributed by atoms with Crippen molar-refractivity contribution in [3.63, 3.8) is 0 Å². The summed E-state index contributed by atoms with van der Waals surface area (Å²) in [7, 11) is 0. The molecular formula is C32H36F3N5O3. The second kappa shape index (κ2) is 10.8. The number of halogens is 3. The van der Waals surface area contributed by atoms with Crippen LogP contribution in [0.4, 0.5) is 18.9 Å². The Balaban J connectivity index is 1.23. The minimum Gasteiger partial charge on any atom is -0.404 e. The lowest BCUT2D eigenvalue weighted by molar-refractivity contribution is -0.196. The molecule has 1 saturated carbocycles. The van der Waals surface area contributed by atoms with Gasteiger partial charge < -0.3 is 10.6 Å². The first kappa shape index (κ1) is 29.3. The first-order chi connectivity index (χ1) is 20.4. The molecule has 11 heteroatoms. The molecule has 3 N–H and O–H groups in total. The third-order valence-electron chi connectivity index (χ3n) is 9.80. The van der Waals surface area contributed by atoms with Gasteiger partial charge in [-0.3, -0.25) is 29.6 Å². The van der Waals surface area contributed by atoms with E-state index in [0.29, 0.717) is 35.3 Å². The Morgan fingerprint density at radius 1 is 1.12 bits per heavy atom. The number of anilines is 1. The van der Waals surface area contributed by atoms with Crippen molar-refractivity contribution in [2.45, 2.75) is 76.0 Å². The first-order valence-corrected chi connectivity index (χ1v) is 14.9. The van der Waals surface area contributed by atoms with E-state index in [-0.39, 0.29) is 49.3 Å². The van der Waals surface area contributed by atoms with Crippen molar-refractivity contribution in [3.8, 4) is 0 Å². The van der Waals surface area contributed by atoms with Crippen LogP contribution in [-0.4, -0.2) is 66.2 Å². The monoisotopic (exact) mass is 595 g/mol. The highest BCUT2D eigenvalue weighted by Gasteiger charge is 2.56. The SMILES string of the molecule is CC1(CN2CCC(N=CC(=CN)Cc3ccc4c5c(cccc35)C(=O)N4C3CCC(=O)NC3=O)(C(F)(F)F)CC2)CCC1.